The molecule has 3 heteroatoms. The predicted molar refractivity (Wildman–Crippen MR) is 62.0 cm³/mol. The lowest BCUT2D eigenvalue weighted by Gasteiger charge is -2.14. The first-order valence-electron chi connectivity index (χ1n) is 4.24. The van der Waals surface area contributed by atoms with E-state index in [4.69, 9.17) is 11.6 Å². The van der Waals surface area contributed by atoms with E-state index in [1.165, 1.54) is 0 Å². The van der Waals surface area contributed by atoms with E-state index < -0.39 is 0 Å². The van der Waals surface area contributed by atoms with Gasteiger partial charge in [0.1, 0.15) is 0 Å². The number of thioether (sulfide) groups is 1. The Labute approximate surface area is 88.9 Å². The van der Waals surface area contributed by atoms with Crippen LogP contribution in [0, 0.1) is 0 Å². The first-order valence-corrected chi connectivity index (χ1v) is 5.84. The average molecular weight is 216 g/mol. The highest BCUT2D eigenvalue weighted by molar-refractivity contribution is 7.98. The Morgan fingerprint density at radius 1 is 1.38 bits per heavy atom. The number of anilines is 1. The maximum atomic E-state index is 6.05. The topological polar surface area (TPSA) is 12.0 Å². The SMILES string of the molecule is CSc1c(Cl)cccc1NC(C)C. The molecule has 0 bridgehead atoms. The summed E-state index contributed by atoms with van der Waals surface area (Å²) < 4.78 is 0. The first-order chi connectivity index (χ1) is 6.15. The quantitative estimate of drug-likeness (QED) is 0.768. The van der Waals surface area contributed by atoms with Gasteiger partial charge in [-0.15, -0.1) is 11.8 Å². The Balaban J connectivity index is 2.98. The van der Waals surface area contributed by atoms with Crippen LogP contribution >= 0.6 is 23.4 Å². The van der Waals surface area contributed by atoms with Gasteiger partial charge in [0, 0.05) is 16.6 Å². The molecule has 0 atom stereocenters. The van der Waals surface area contributed by atoms with E-state index in [9.17, 15) is 0 Å². The summed E-state index contributed by atoms with van der Waals surface area (Å²) in [5.74, 6) is 0. The van der Waals surface area contributed by atoms with Crippen LogP contribution in [0.1, 0.15) is 13.8 Å². The van der Waals surface area contributed by atoms with Gasteiger partial charge in [0.25, 0.3) is 0 Å². The monoisotopic (exact) mass is 215 g/mol. The van der Waals surface area contributed by atoms with Gasteiger partial charge in [-0.05, 0) is 32.2 Å². The van der Waals surface area contributed by atoms with Crippen LogP contribution in [0.25, 0.3) is 0 Å². The molecule has 1 nitrogen and oxygen atoms in total. The smallest absolute Gasteiger partial charge is 0.0562 e. The molecule has 0 heterocycles. The maximum absolute atomic E-state index is 6.05. The fraction of sp³-hybridized carbons (Fsp3) is 0.400. The van der Waals surface area contributed by atoms with Crippen molar-refractivity contribution in [2.75, 3.05) is 11.6 Å². The normalized spacial score (nSPS) is 10.5. The Hall–Kier alpha value is -0.340. The van der Waals surface area contributed by atoms with Crippen molar-refractivity contribution in [3.8, 4) is 0 Å². The summed E-state index contributed by atoms with van der Waals surface area (Å²) in [5.41, 5.74) is 1.12. The van der Waals surface area contributed by atoms with Crippen molar-refractivity contribution in [2.24, 2.45) is 0 Å². The Morgan fingerprint density at radius 3 is 2.62 bits per heavy atom. The van der Waals surface area contributed by atoms with Gasteiger partial charge < -0.3 is 5.32 Å². The molecule has 0 saturated heterocycles. The second-order valence-corrected chi connectivity index (χ2v) is 4.34. The molecule has 0 aliphatic rings. The molecule has 13 heavy (non-hydrogen) atoms. The third kappa shape index (κ3) is 2.82. The molecular formula is C10H14ClNS. The van der Waals surface area contributed by atoms with Crippen molar-refractivity contribution in [1.29, 1.82) is 0 Å². The van der Waals surface area contributed by atoms with E-state index >= 15 is 0 Å². The summed E-state index contributed by atoms with van der Waals surface area (Å²) in [6.07, 6.45) is 2.03. The predicted octanol–water partition coefficient (Wildman–Crippen LogP) is 3.88. The van der Waals surface area contributed by atoms with E-state index in [0.717, 1.165) is 15.6 Å². The number of nitrogens with one attached hydrogen (secondary N) is 1. The van der Waals surface area contributed by atoms with Crippen LogP contribution in [-0.2, 0) is 0 Å². The molecule has 0 aromatic heterocycles. The van der Waals surface area contributed by atoms with Gasteiger partial charge >= 0.3 is 0 Å². The van der Waals surface area contributed by atoms with Crippen LogP contribution < -0.4 is 5.32 Å². The molecule has 0 spiro atoms. The minimum Gasteiger partial charge on any atom is -0.382 e. The summed E-state index contributed by atoms with van der Waals surface area (Å²) in [6.45, 7) is 4.23. The molecule has 1 aromatic carbocycles. The minimum atomic E-state index is 0.435. The van der Waals surface area contributed by atoms with E-state index in [2.05, 4.69) is 25.2 Å². The van der Waals surface area contributed by atoms with Crippen LogP contribution in [0.3, 0.4) is 0 Å². The zero-order chi connectivity index (χ0) is 9.84. The highest BCUT2D eigenvalue weighted by Crippen LogP contribution is 2.32. The standard InChI is InChI=1S/C10H14ClNS/c1-7(2)12-9-6-4-5-8(11)10(9)13-3/h4-7,12H,1-3H3. The molecule has 0 saturated carbocycles. The van der Waals surface area contributed by atoms with Gasteiger partial charge in [-0.1, -0.05) is 17.7 Å². The Kier molecular flexibility index (Phi) is 3.94. The van der Waals surface area contributed by atoms with Gasteiger partial charge in [0.05, 0.1) is 5.02 Å². The average Bonchev–Trinajstić information content (AvgIpc) is 2.03. The fourth-order valence-electron chi connectivity index (χ4n) is 1.14. The Morgan fingerprint density at radius 2 is 2.08 bits per heavy atom. The lowest BCUT2D eigenvalue weighted by atomic mass is 10.3. The summed E-state index contributed by atoms with van der Waals surface area (Å²) in [7, 11) is 0. The molecule has 1 N–H and O–H groups in total. The summed E-state index contributed by atoms with van der Waals surface area (Å²) >= 11 is 7.72. The number of benzene rings is 1. The van der Waals surface area contributed by atoms with Crippen LogP contribution in [0.2, 0.25) is 5.02 Å². The molecule has 1 rings (SSSR count). The van der Waals surface area contributed by atoms with Crippen LogP contribution in [0.4, 0.5) is 5.69 Å². The lowest BCUT2D eigenvalue weighted by Crippen LogP contribution is -2.10. The van der Waals surface area contributed by atoms with Crippen molar-refractivity contribution in [2.45, 2.75) is 24.8 Å². The molecule has 72 valence electrons. The first kappa shape index (κ1) is 10.7. The number of rotatable bonds is 3. The van der Waals surface area contributed by atoms with Crippen molar-refractivity contribution < 1.29 is 0 Å². The van der Waals surface area contributed by atoms with E-state index in [1.807, 2.05) is 18.4 Å². The second-order valence-electron chi connectivity index (χ2n) is 3.12. The van der Waals surface area contributed by atoms with E-state index in [-0.39, 0.29) is 0 Å². The highest BCUT2D eigenvalue weighted by atomic mass is 35.5. The van der Waals surface area contributed by atoms with Gasteiger partial charge in [0.2, 0.25) is 0 Å². The third-order valence-corrected chi connectivity index (χ3v) is 2.89. The van der Waals surface area contributed by atoms with Gasteiger partial charge in [-0.3, -0.25) is 0 Å². The number of halogens is 1. The molecule has 0 radical (unpaired) electrons. The lowest BCUT2D eigenvalue weighted by molar-refractivity contribution is 0.894. The van der Waals surface area contributed by atoms with Crippen molar-refractivity contribution >= 4 is 29.1 Å². The van der Waals surface area contributed by atoms with E-state index in [1.54, 1.807) is 11.8 Å². The van der Waals surface area contributed by atoms with E-state index in [0.29, 0.717) is 6.04 Å². The van der Waals surface area contributed by atoms with Crippen molar-refractivity contribution in [1.82, 2.24) is 0 Å². The molecule has 0 amide bonds. The van der Waals surface area contributed by atoms with Crippen LogP contribution in [0.15, 0.2) is 23.1 Å². The molecule has 0 aliphatic carbocycles. The van der Waals surface area contributed by atoms with Gasteiger partial charge in [-0.25, -0.2) is 0 Å². The van der Waals surface area contributed by atoms with Crippen molar-refractivity contribution in [3.05, 3.63) is 23.2 Å². The highest BCUT2D eigenvalue weighted by Gasteiger charge is 2.05. The van der Waals surface area contributed by atoms with Crippen LogP contribution in [-0.4, -0.2) is 12.3 Å². The maximum Gasteiger partial charge on any atom is 0.0562 e. The summed E-state index contributed by atoms with van der Waals surface area (Å²) in [4.78, 5) is 1.12. The largest absolute Gasteiger partial charge is 0.382 e. The van der Waals surface area contributed by atoms with Crippen molar-refractivity contribution in [3.63, 3.8) is 0 Å². The number of hydrogen-bond acceptors (Lipinski definition) is 2. The molecular weight excluding hydrogens is 202 g/mol. The summed E-state index contributed by atoms with van der Waals surface area (Å²) in [6, 6.07) is 6.37. The van der Waals surface area contributed by atoms with Crippen LogP contribution in [0.5, 0.6) is 0 Å². The third-order valence-electron chi connectivity index (χ3n) is 1.62. The zero-order valence-corrected chi connectivity index (χ0v) is 9.67. The number of hydrogen-bond donors (Lipinski definition) is 1. The second kappa shape index (κ2) is 4.77. The summed E-state index contributed by atoms with van der Waals surface area (Å²) in [5, 5.41) is 4.18. The molecule has 0 aliphatic heterocycles. The molecule has 0 unspecified atom stereocenters. The van der Waals surface area contributed by atoms with Gasteiger partial charge in [0.15, 0.2) is 0 Å². The molecule has 0 fully saturated rings. The molecule has 1 aromatic rings. The minimum absolute atomic E-state index is 0.435. The van der Waals surface area contributed by atoms with Gasteiger partial charge in [-0.2, -0.15) is 0 Å². The fourth-order valence-corrected chi connectivity index (χ4v) is 2.16. The zero-order valence-electron chi connectivity index (χ0n) is 8.10. The Bertz CT molecular complexity index is 286.